The molecule has 174 valence electrons. The maximum atomic E-state index is 13.0. The molecule has 0 bridgehead atoms. The average molecular weight is 478 g/mol. The number of nitrogens with zero attached hydrogens (tertiary/aromatic N) is 3. The highest BCUT2D eigenvalue weighted by Crippen LogP contribution is 2.40. The lowest BCUT2D eigenvalue weighted by Gasteiger charge is -2.36. The number of alkyl halides is 3. The molecule has 11 heteroatoms. The van der Waals surface area contributed by atoms with Gasteiger partial charge in [0.1, 0.15) is 5.69 Å². The molecule has 1 fully saturated rings. The predicted octanol–water partition coefficient (Wildman–Crippen LogP) is 4.35. The Morgan fingerprint density at radius 3 is 2.76 bits per heavy atom. The van der Waals surface area contributed by atoms with Gasteiger partial charge < -0.3 is 15.4 Å². The molecule has 2 N–H and O–H groups in total. The van der Waals surface area contributed by atoms with E-state index in [2.05, 4.69) is 25.6 Å². The summed E-state index contributed by atoms with van der Waals surface area (Å²) in [6.07, 6.45) is -1.79. The number of benzene rings is 1. The van der Waals surface area contributed by atoms with Crippen molar-refractivity contribution in [2.75, 3.05) is 25.0 Å². The second kappa shape index (κ2) is 9.84. The molecule has 0 saturated carbocycles. The van der Waals surface area contributed by atoms with E-state index < -0.39 is 17.8 Å². The molecular formula is C22H22F3N5O2S. The Kier molecular flexibility index (Phi) is 6.89. The zero-order valence-corrected chi connectivity index (χ0v) is 18.5. The van der Waals surface area contributed by atoms with Gasteiger partial charge in [0.05, 0.1) is 17.5 Å². The molecule has 3 unspecified atom stereocenters. The Morgan fingerprint density at radius 2 is 2.03 bits per heavy atom. The molecule has 1 aromatic carbocycles. The summed E-state index contributed by atoms with van der Waals surface area (Å²) in [6.45, 7) is 3.19. The van der Waals surface area contributed by atoms with Crippen LogP contribution in [0.4, 0.5) is 24.8 Å². The monoisotopic (exact) mass is 477 g/mol. The third-order valence-corrected chi connectivity index (χ3v) is 6.35. The molecule has 0 radical (unpaired) electrons. The smallest absolute Gasteiger partial charge is 0.433 e. The van der Waals surface area contributed by atoms with Crippen LogP contribution < -0.4 is 10.6 Å². The lowest BCUT2D eigenvalue weighted by Crippen LogP contribution is -2.45. The van der Waals surface area contributed by atoms with Crippen LogP contribution in [0.25, 0.3) is 0 Å². The van der Waals surface area contributed by atoms with Gasteiger partial charge in [-0.1, -0.05) is 12.1 Å². The zero-order valence-electron chi connectivity index (χ0n) is 17.7. The molecule has 2 aromatic heterocycles. The van der Waals surface area contributed by atoms with Gasteiger partial charge in [-0.15, -0.1) is 11.3 Å². The molecule has 1 aliphatic heterocycles. The van der Waals surface area contributed by atoms with E-state index >= 15 is 0 Å². The summed E-state index contributed by atoms with van der Waals surface area (Å²) in [5.74, 6) is -1.25. The number of thiazole rings is 1. The van der Waals surface area contributed by atoms with Crippen LogP contribution in [0.15, 0.2) is 48.1 Å². The molecule has 3 aromatic rings. The summed E-state index contributed by atoms with van der Waals surface area (Å²) in [4.78, 5) is 24.8. The maximum absolute atomic E-state index is 13.0. The molecular weight excluding hydrogens is 455 g/mol. The number of aromatic nitrogens is 3. The fraction of sp³-hybridized carbons (Fsp3) is 0.364. The lowest BCUT2D eigenvalue weighted by atomic mass is 9.75. The van der Waals surface area contributed by atoms with Gasteiger partial charge in [-0.25, -0.2) is 15.0 Å². The van der Waals surface area contributed by atoms with E-state index in [-0.39, 0.29) is 30.4 Å². The van der Waals surface area contributed by atoms with Crippen molar-refractivity contribution in [3.8, 4) is 0 Å². The minimum absolute atomic E-state index is 0.147. The number of hydrogen-bond donors (Lipinski definition) is 2. The van der Waals surface area contributed by atoms with Crippen molar-refractivity contribution in [1.29, 1.82) is 0 Å². The van der Waals surface area contributed by atoms with Crippen LogP contribution in [0, 0.1) is 5.92 Å². The van der Waals surface area contributed by atoms with Crippen LogP contribution >= 0.6 is 11.3 Å². The number of ether oxygens (including phenoxy) is 1. The van der Waals surface area contributed by atoms with Crippen molar-refractivity contribution in [3.05, 3.63) is 64.4 Å². The Morgan fingerprint density at radius 1 is 1.21 bits per heavy atom. The first-order valence-corrected chi connectivity index (χ1v) is 11.3. The second-order valence-corrected chi connectivity index (χ2v) is 8.46. The molecule has 4 rings (SSSR count). The van der Waals surface area contributed by atoms with Crippen molar-refractivity contribution < 1.29 is 22.7 Å². The topological polar surface area (TPSA) is 89.0 Å². The summed E-state index contributed by atoms with van der Waals surface area (Å²) in [5.41, 5.74) is 0.339. The summed E-state index contributed by atoms with van der Waals surface area (Å²) in [6, 6.07) is 7.99. The Bertz CT molecular complexity index is 1090. The van der Waals surface area contributed by atoms with Crippen LogP contribution in [0.5, 0.6) is 0 Å². The molecule has 3 atom stereocenters. The largest absolute Gasteiger partial charge is 0.466 e. The Balaban J connectivity index is 1.62. The molecule has 3 heterocycles. The number of esters is 1. The summed E-state index contributed by atoms with van der Waals surface area (Å²) < 4.78 is 44.3. The van der Waals surface area contributed by atoms with E-state index in [9.17, 15) is 18.0 Å². The van der Waals surface area contributed by atoms with Gasteiger partial charge in [-0.05, 0) is 30.7 Å². The van der Waals surface area contributed by atoms with Gasteiger partial charge in [0.15, 0.2) is 0 Å². The number of nitrogens with one attached hydrogen (secondary N) is 2. The Labute approximate surface area is 192 Å². The highest BCUT2D eigenvalue weighted by atomic mass is 32.1. The van der Waals surface area contributed by atoms with Crippen LogP contribution in [0.1, 0.15) is 35.0 Å². The number of piperidine rings is 1. The molecule has 0 spiro atoms. The van der Waals surface area contributed by atoms with E-state index in [0.29, 0.717) is 18.8 Å². The van der Waals surface area contributed by atoms with Gasteiger partial charge in [-0.2, -0.15) is 13.2 Å². The minimum atomic E-state index is -4.56. The van der Waals surface area contributed by atoms with E-state index in [1.807, 2.05) is 11.4 Å². The molecule has 33 heavy (non-hydrogen) atoms. The van der Waals surface area contributed by atoms with E-state index in [1.54, 1.807) is 31.3 Å². The average Bonchev–Trinajstić information content (AvgIpc) is 3.33. The van der Waals surface area contributed by atoms with Crippen LogP contribution in [-0.4, -0.2) is 40.6 Å². The first kappa shape index (κ1) is 23.1. The molecule has 7 nitrogen and oxygen atoms in total. The van der Waals surface area contributed by atoms with E-state index in [1.165, 1.54) is 11.3 Å². The molecule has 0 amide bonds. The number of rotatable bonds is 6. The lowest BCUT2D eigenvalue weighted by molar-refractivity contribution is -0.150. The van der Waals surface area contributed by atoms with Crippen molar-refractivity contribution in [2.45, 2.75) is 24.9 Å². The van der Waals surface area contributed by atoms with Gasteiger partial charge >= 0.3 is 12.1 Å². The number of carbonyl (C=O) groups is 1. The van der Waals surface area contributed by atoms with Crippen molar-refractivity contribution >= 4 is 28.9 Å². The predicted molar refractivity (Wildman–Crippen MR) is 117 cm³/mol. The fourth-order valence-electron chi connectivity index (χ4n) is 4.03. The minimum Gasteiger partial charge on any atom is -0.466 e. The van der Waals surface area contributed by atoms with E-state index in [4.69, 9.17) is 4.74 Å². The summed E-state index contributed by atoms with van der Waals surface area (Å²) >= 11 is 1.49. The highest BCUT2D eigenvalue weighted by Gasteiger charge is 2.42. The van der Waals surface area contributed by atoms with Gasteiger partial charge in [0, 0.05) is 48.4 Å². The highest BCUT2D eigenvalue weighted by molar-refractivity contribution is 7.09. The van der Waals surface area contributed by atoms with Crippen LogP contribution in [-0.2, 0) is 15.7 Å². The van der Waals surface area contributed by atoms with Gasteiger partial charge in [0.25, 0.3) is 0 Å². The van der Waals surface area contributed by atoms with Crippen LogP contribution in [0.3, 0.4) is 0 Å². The maximum Gasteiger partial charge on any atom is 0.433 e. The quantitative estimate of drug-likeness (QED) is 0.511. The summed E-state index contributed by atoms with van der Waals surface area (Å²) in [7, 11) is 0. The Hall–Kier alpha value is -3.05. The zero-order chi connectivity index (χ0) is 23.4. The van der Waals surface area contributed by atoms with Gasteiger partial charge in [0.2, 0.25) is 5.95 Å². The standard InChI is InChI=1S/C22H22F3N5O2S/c1-2-32-20(31)18-15(11-26-12-16(18)19-27-8-9-33-19)13-4-3-5-14(10-13)29-21-28-7-6-17(30-21)22(23,24)25/h3-10,15-16,18,26H,2,11-12H2,1H3,(H,28,29,30). The molecule has 0 aliphatic carbocycles. The fourth-order valence-corrected chi connectivity index (χ4v) is 4.82. The molecule has 1 aliphatic rings. The van der Waals surface area contributed by atoms with E-state index in [0.717, 1.165) is 22.8 Å². The first-order chi connectivity index (χ1) is 15.9. The van der Waals surface area contributed by atoms with Crippen LogP contribution in [0.2, 0.25) is 0 Å². The van der Waals surface area contributed by atoms with Gasteiger partial charge in [-0.3, -0.25) is 4.79 Å². The third kappa shape index (κ3) is 5.31. The normalized spacial score (nSPS) is 20.9. The first-order valence-electron chi connectivity index (χ1n) is 10.4. The van der Waals surface area contributed by atoms with Crippen molar-refractivity contribution in [1.82, 2.24) is 20.3 Å². The van der Waals surface area contributed by atoms with Crippen molar-refractivity contribution in [2.24, 2.45) is 5.92 Å². The number of carbonyl (C=O) groups excluding carboxylic acids is 1. The molecule has 1 saturated heterocycles. The second-order valence-electron chi connectivity index (χ2n) is 7.53. The third-order valence-electron chi connectivity index (χ3n) is 5.44. The number of anilines is 2. The number of hydrogen-bond acceptors (Lipinski definition) is 8. The SMILES string of the molecule is CCOC(=O)C1C(c2cccc(Nc3nccc(C(F)(F)F)n3)c2)CNCC1c1nccs1. The number of halogens is 3. The summed E-state index contributed by atoms with van der Waals surface area (Å²) in [5, 5.41) is 8.95. The van der Waals surface area contributed by atoms with Crippen molar-refractivity contribution in [3.63, 3.8) is 0 Å².